The van der Waals surface area contributed by atoms with E-state index in [1.54, 1.807) is 6.92 Å². The second kappa shape index (κ2) is 8.19. The topological polar surface area (TPSA) is 109 Å². The Kier molecular flexibility index (Phi) is 3.77. The van der Waals surface area contributed by atoms with Gasteiger partial charge in [0.05, 0.1) is 6.97 Å². The largest absolute Gasteiger partial charge is 0.433 e. The molecule has 3 aromatic heterocycles. The molecule has 0 spiro atoms. The van der Waals surface area contributed by atoms with E-state index in [2.05, 4.69) is 35.6 Å². The molecular formula is C19H20F3N7O. The Morgan fingerprint density at radius 1 is 1.10 bits per heavy atom. The predicted molar refractivity (Wildman–Crippen MR) is 105 cm³/mol. The summed E-state index contributed by atoms with van der Waals surface area (Å²) in [5, 5.41) is 15.5. The van der Waals surface area contributed by atoms with Crippen molar-refractivity contribution < 1.29 is 27.9 Å². The number of alkyl halides is 3. The van der Waals surface area contributed by atoms with Gasteiger partial charge in [-0.25, -0.2) is 4.98 Å². The fourth-order valence-electron chi connectivity index (χ4n) is 2.24. The first-order valence-corrected chi connectivity index (χ1v) is 8.38. The van der Waals surface area contributed by atoms with Crippen LogP contribution in [0.25, 0.3) is 11.5 Å². The second-order valence-electron chi connectivity index (χ2n) is 6.12. The molecule has 0 aliphatic heterocycles. The lowest BCUT2D eigenvalue weighted by Crippen LogP contribution is -2.30. The van der Waals surface area contributed by atoms with E-state index in [-0.39, 0.29) is 23.4 Å². The maximum atomic E-state index is 13.2. The molecule has 0 aliphatic rings. The molecule has 0 saturated carbocycles. The van der Waals surface area contributed by atoms with Crippen molar-refractivity contribution in [3.8, 4) is 11.5 Å². The van der Waals surface area contributed by atoms with Crippen LogP contribution in [0.5, 0.6) is 0 Å². The first-order chi connectivity index (χ1) is 16.9. The zero-order valence-electron chi connectivity index (χ0n) is 22.4. The molecule has 0 bridgehead atoms. The molecule has 0 unspecified atom stereocenters. The van der Waals surface area contributed by atoms with E-state index in [0.717, 1.165) is 12.1 Å². The maximum absolute atomic E-state index is 13.2. The number of aliphatic hydroxyl groups is 1. The number of hydrogen-bond donors (Lipinski definition) is 3. The van der Waals surface area contributed by atoms with Crippen LogP contribution in [0, 0.1) is 6.92 Å². The maximum Gasteiger partial charge on any atom is 0.433 e. The summed E-state index contributed by atoms with van der Waals surface area (Å²) in [5.41, 5.74) is -4.26. The van der Waals surface area contributed by atoms with Gasteiger partial charge in [0.25, 0.3) is 0 Å². The number of hydrogen-bond acceptors (Lipinski definition) is 8. The van der Waals surface area contributed by atoms with E-state index in [1.807, 2.05) is 0 Å². The Morgan fingerprint density at radius 2 is 1.87 bits per heavy atom. The molecule has 0 atom stereocenters. The number of nitrogens with one attached hydrogen (secondary N) is 2. The van der Waals surface area contributed by atoms with E-state index in [1.165, 1.54) is 18.3 Å². The minimum absolute atomic E-state index is 0.0321. The molecule has 3 N–H and O–H groups in total. The lowest BCUT2D eigenvalue weighted by molar-refractivity contribution is -0.141. The number of anilines is 3. The highest BCUT2D eigenvalue weighted by Crippen LogP contribution is 2.29. The normalized spacial score (nSPS) is 16.2. The summed E-state index contributed by atoms with van der Waals surface area (Å²) in [6, 6.07) is 4.38. The summed E-state index contributed by atoms with van der Waals surface area (Å²) in [6.07, 6.45) is -3.38. The van der Waals surface area contributed by atoms with Crippen molar-refractivity contribution in [3.63, 3.8) is 0 Å². The van der Waals surface area contributed by atoms with Gasteiger partial charge in [0, 0.05) is 32.3 Å². The van der Waals surface area contributed by atoms with E-state index in [9.17, 15) is 18.3 Å². The highest BCUT2D eigenvalue weighted by molar-refractivity contribution is 5.59. The van der Waals surface area contributed by atoms with Crippen LogP contribution >= 0.6 is 0 Å². The molecular weight excluding hydrogens is 399 g/mol. The summed E-state index contributed by atoms with van der Waals surface area (Å²) in [4.78, 5) is 19.4. The fourth-order valence-corrected chi connectivity index (χ4v) is 2.24. The first kappa shape index (κ1) is 13.8. The zero-order valence-corrected chi connectivity index (χ0v) is 15.4. The van der Waals surface area contributed by atoms with E-state index >= 15 is 0 Å². The average Bonchev–Trinajstić information content (AvgIpc) is 2.78. The van der Waals surface area contributed by atoms with Gasteiger partial charge in [0.2, 0.25) is 11.9 Å². The molecule has 0 saturated heterocycles. The molecule has 3 rings (SSSR count). The summed E-state index contributed by atoms with van der Waals surface area (Å²) in [5.74, 6) is -1.16. The first-order valence-electron chi connectivity index (χ1n) is 11.9. The quantitative estimate of drug-likeness (QED) is 0.549. The second-order valence-corrected chi connectivity index (χ2v) is 6.12. The molecule has 0 aliphatic carbocycles. The Labute approximate surface area is 180 Å². The number of pyridine rings is 2. The van der Waals surface area contributed by atoms with Crippen molar-refractivity contribution in [1.29, 1.82) is 0 Å². The highest BCUT2D eigenvalue weighted by atomic mass is 19.4. The Bertz CT molecular complexity index is 1270. The monoisotopic (exact) mass is 426 g/mol. The Morgan fingerprint density at radius 3 is 2.60 bits per heavy atom. The van der Waals surface area contributed by atoms with Crippen LogP contribution in [0.3, 0.4) is 0 Å². The minimum Gasteiger partial charge on any atom is -0.389 e. The fraction of sp³-hybridized carbons (Fsp3) is 0.316. The molecule has 0 amide bonds. The van der Waals surface area contributed by atoms with Gasteiger partial charge in [-0.1, -0.05) is 6.07 Å². The van der Waals surface area contributed by atoms with E-state index in [4.69, 9.17) is 9.60 Å². The van der Waals surface area contributed by atoms with Crippen LogP contribution in [-0.2, 0) is 6.18 Å². The molecule has 3 heterocycles. The zero-order chi connectivity index (χ0) is 27.8. The highest BCUT2D eigenvalue weighted by Gasteiger charge is 2.32. The summed E-state index contributed by atoms with van der Waals surface area (Å²) in [6.45, 7) is -6.20. The molecule has 30 heavy (non-hydrogen) atoms. The summed E-state index contributed by atoms with van der Waals surface area (Å²) < 4.78 is 92.5. The SMILES string of the molecule is [2H]c1c(Nc2nc(NCC(O)(C([2H])([2H])[2H])C([2H])([2H])[2H])nc(-c3cccc(C(F)(F)F)n3)n2)ccnc1C. The van der Waals surface area contributed by atoms with Crippen LogP contribution < -0.4 is 10.6 Å². The molecule has 3 aromatic rings. The van der Waals surface area contributed by atoms with E-state index < -0.39 is 49.5 Å². The van der Waals surface area contributed by atoms with Gasteiger partial charge < -0.3 is 15.7 Å². The van der Waals surface area contributed by atoms with Gasteiger partial charge >= 0.3 is 6.18 Å². The lowest BCUT2D eigenvalue weighted by atomic mass is 10.1. The third-order valence-electron chi connectivity index (χ3n) is 3.48. The number of halogens is 3. The van der Waals surface area contributed by atoms with Crippen LogP contribution in [0.1, 0.15) is 34.7 Å². The van der Waals surface area contributed by atoms with Gasteiger partial charge in [-0.3, -0.25) is 4.98 Å². The number of aryl methyl sites for hydroxylation is 1. The molecule has 0 fully saturated rings. The van der Waals surface area contributed by atoms with Crippen molar-refractivity contribution >= 4 is 17.6 Å². The van der Waals surface area contributed by atoms with Crippen LogP contribution in [0.15, 0.2) is 36.5 Å². The number of nitrogens with zero attached hydrogens (tertiary/aromatic N) is 5. The molecule has 158 valence electrons. The van der Waals surface area contributed by atoms with Crippen LogP contribution in [0.4, 0.5) is 30.8 Å². The van der Waals surface area contributed by atoms with Gasteiger partial charge in [-0.05, 0) is 44.9 Å². The third kappa shape index (κ3) is 5.83. The van der Waals surface area contributed by atoms with Gasteiger partial charge in [0.1, 0.15) is 11.4 Å². The number of aromatic nitrogens is 5. The van der Waals surface area contributed by atoms with Crippen LogP contribution in [0.2, 0.25) is 0 Å². The molecule has 11 heteroatoms. The standard InChI is InChI=1S/C19H20F3N7O/c1-11-9-12(7-8-23-11)25-17-28-15(27-16(29-17)24-10-18(2,3)30)13-5-4-6-14(26-13)19(20,21)22/h4-9,30H,10H2,1-3H3,(H2,23,24,25,27,28,29)/i2D3,3D3,9D. The Balaban J connectivity index is 2.08. The van der Waals surface area contributed by atoms with Crippen molar-refractivity contribution in [2.45, 2.75) is 32.4 Å². The third-order valence-corrected chi connectivity index (χ3v) is 3.48. The van der Waals surface area contributed by atoms with Gasteiger partial charge in [0.15, 0.2) is 5.82 Å². The molecule has 0 aromatic carbocycles. The molecule has 8 nitrogen and oxygen atoms in total. The predicted octanol–water partition coefficient (Wildman–Crippen LogP) is 3.58. The van der Waals surface area contributed by atoms with Crippen LogP contribution in [-0.4, -0.2) is 42.2 Å². The Hall–Kier alpha value is -3.34. The van der Waals surface area contributed by atoms with Crippen molar-refractivity contribution in [1.82, 2.24) is 24.9 Å². The smallest absolute Gasteiger partial charge is 0.389 e. The number of rotatable bonds is 6. The van der Waals surface area contributed by atoms with Gasteiger partial charge in [-0.15, -0.1) is 0 Å². The average molecular weight is 426 g/mol. The summed E-state index contributed by atoms with van der Waals surface area (Å²) in [7, 11) is 0. The van der Waals surface area contributed by atoms with Crippen molar-refractivity contribution in [3.05, 3.63) is 47.9 Å². The lowest BCUT2D eigenvalue weighted by Gasteiger charge is -2.18. The molecule has 0 radical (unpaired) electrons. The van der Waals surface area contributed by atoms with Crippen molar-refractivity contribution in [2.75, 3.05) is 17.2 Å². The van der Waals surface area contributed by atoms with Gasteiger partial charge in [-0.2, -0.15) is 28.1 Å². The summed E-state index contributed by atoms with van der Waals surface area (Å²) >= 11 is 0. The minimum atomic E-state index is -4.77. The van der Waals surface area contributed by atoms with E-state index in [0.29, 0.717) is 5.69 Å². The van der Waals surface area contributed by atoms with Crippen molar-refractivity contribution in [2.24, 2.45) is 0 Å².